The SMILES string of the molecule is COc1ccc(-c2oc3c(O)c(Cl)c(OC)c(O)c3c(=O)c2O)cc1OC. The Labute approximate surface area is 157 Å². The van der Waals surface area contributed by atoms with E-state index in [9.17, 15) is 20.1 Å². The lowest BCUT2D eigenvalue weighted by Crippen LogP contribution is -2.04. The molecule has 0 aliphatic carbocycles. The fraction of sp³-hybridized carbons (Fsp3) is 0.167. The molecule has 9 heteroatoms. The normalized spacial score (nSPS) is 10.8. The summed E-state index contributed by atoms with van der Waals surface area (Å²) < 4.78 is 20.8. The minimum absolute atomic E-state index is 0.246. The van der Waals surface area contributed by atoms with Crippen LogP contribution in [0.3, 0.4) is 0 Å². The van der Waals surface area contributed by atoms with Gasteiger partial charge >= 0.3 is 0 Å². The van der Waals surface area contributed by atoms with Crippen LogP contribution in [0.5, 0.6) is 34.5 Å². The average Bonchev–Trinajstić information content (AvgIpc) is 2.68. The number of ether oxygens (including phenoxy) is 3. The van der Waals surface area contributed by atoms with Gasteiger partial charge in [-0.05, 0) is 18.2 Å². The molecule has 3 N–H and O–H groups in total. The predicted molar refractivity (Wildman–Crippen MR) is 97.6 cm³/mol. The first-order chi connectivity index (χ1) is 12.8. The van der Waals surface area contributed by atoms with Gasteiger partial charge in [-0.3, -0.25) is 4.79 Å². The Balaban J connectivity index is 2.39. The van der Waals surface area contributed by atoms with E-state index < -0.39 is 33.6 Å². The molecule has 0 unspecified atom stereocenters. The third-order valence-corrected chi connectivity index (χ3v) is 4.36. The Hall–Kier alpha value is -3.26. The molecule has 0 amide bonds. The van der Waals surface area contributed by atoms with Gasteiger partial charge < -0.3 is 33.9 Å². The second kappa shape index (κ2) is 6.81. The van der Waals surface area contributed by atoms with E-state index in [0.29, 0.717) is 11.5 Å². The van der Waals surface area contributed by atoms with Crippen molar-refractivity contribution in [3.05, 3.63) is 33.4 Å². The van der Waals surface area contributed by atoms with Crippen LogP contribution in [0.25, 0.3) is 22.3 Å². The zero-order valence-electron chi connectivity index (χ0n) is 14.5. The third kappa shape index (κ3) is 2.74. The van der Waals surface area contributed by atoms with Gasteiger partial charge in [-0.2, -0.15) is 0 Å². The Morgan fingerprint density at radius 3 is 2.19 bits per heavy atom. The number of hydrogen-bond acceptors (Lipinski definition) is 8. The summed E-state index contributed by atoms with van der Waals surface area (Å²) in [6.07, 6.45) is 0. The van der Waals surface area contributed by atoms with Gasteiger partial charge in [0.05, 0.1) is 21.3 Å². The van der Waals surface area contributed by atoms with E-state index in [1.54, 1.807) is 6.07 Å². The molecule has 1 aromatic heterocycles. The molecule has 3 aromatic rings. The van der Waals surface area contributed by atoms with E-state index in [1.807, 2.05) is 0 Å². The topological polar surface area (TPSA) is 119 Å². The molecule has 2 aromatic carbocycles. The molecule has 27 heavy (non-hydrogen) atoms. The molecule has 0 aliphatic heterocycles. The first kappa shape index (κ1) is 18.5. The number of phenols is 2. The van der Waals surface area contributed by atoms with Crippen LogP contribution < -0.4 is 19.6 Å². The fourth-order valence-electron chi connectivity index (χ4n) is 2.69. The molecule has 8 nitrogen and oxygen atoms in total. The predicted octanol–water partition coefficient (Wildman–Crippen LogP) is 3.26. The van der Waals surface area contributed by atoms with Crippen LogP contribution >= 0.6 is 11.6 Å². The van der Waals surface area contributed by atoms with Crippen molar-refractivity contribution in [3.8, 4) is 45.8 Å². The smallest absolute Gasteiger partial charge is 0.239 e. The lowest BCUT2D eigenvalue weighted by atomic mass is 10.1. The maximum atomic E-state index is 12.6. The highest BCUT2D eigenvalue weighted by Crippen LogP contribution is 2.48. The summed E-state index contributed by atoms with van der Waals surface area (Å²) in [6, 6.07) is 4.55. The van der Waals surface area contributed by atoms with Crippen molar-refractivity contribution in [2.24, 2.45) is 0 Å². The van der Waals surface area contributed by atoms with Crippen molar-refractivity contribution in [1.82, 2.24) is 0 Å². The van der Waals surface area contributed by atoms with Crippen molar-refractivity contribution in [3.63, 3.8) is 0 Å². The van der Waals surface area contributed by atoms with Gasteiger partial charge in [-0.25, -0.2) is 0 Å². The van der Waals surface area contributed by atoms with E-state index >= 15 is 0 Å². The third-order valence-electron chi connectivity index (χ3n) is 4.01. The molecule has 0 atom stereocenters. The molecule has 0 saturated carbocycles. The van der Waals surface area contributed by atoms with E-state index in [2.05, 4.69) is 0 Å². The lowest BCUT2D eigenvalue weighted by molar-refractivity contribution is 0.355. The highest BCUT2D eigenvalue weighted by Gasteiger charge is 2.26. The van der Waals surface area contributed by atoms with Gasteiger partial charge in [0, 0.05) is 5.56 Å². The van der Waals surface area contributed by atoms with Crippen LogP contribution in [0, 0.1) is 0 Å². The number of fused-ring (bicyclic) bond motifs is 1. The van der Waals surface area contributed by atoms with E-state index in [-0.39, 0.29) is 22.1 Å². The second-order valence-electron chi connectivity index (χ2n) is 5.43. The molecule has 0 radical (unpaired) electrons. The largest absolute Gasteiger partial charge is 0.504 e. The molecule has 0 bridgehead atoms. The zero-order valence-corrected chi connectivity index (χ0v) is 15.2. The Kier molecular flexibility index (Phi) is 4.67. The van der Waals surface area contributed by atoms with Crippen LogP contribution in [0.4, 0.5) is 0 Å². The molecule has 0 aliphatic rings. The zero-order chi connectivity index (χ0) is 19.9. The first-order valence-corrected chi connectivity index (χ1v) is 7.93. The van der Waals surface area contributed by atoms with Crippen molar-refractivity contribution < 1.29 is 33.9 Å². The van der Waals surface area contributed by atoms with Crippen molar-refractivity contribution in [1.29, 1.82) is 0 Å². The molecule has 3 rings (SSSR count). The maximum absolute atomic E-state index is 12.6. The van der Waals surface area contributed by atoms with Gasteiger partial charge in [-0.1, -0.05) is 11.6 Å². The number of benzene rings is 2. The highest BCUT2D eigenvalue weighted by atomic mass is 35.5. The summed E-state index contributed by atoms with van der Waals surface area (Å²) in [7, 11) is 4.08. The van der Waals surface area contributed by atoms with Gasteiger partial charge in [-0.15, -0.1) is 0 Å². The van der Waals surface area contributed by atoms with Crippen LogP contribution in [-0.4, -0.2) is 36.6 Å². The molecule has 1 heterocycles. The summed E-state index contributed by atoms with van der Waals surface area (Å²) in [6.45, 7) is 0. The standard InChI is InChI=1S/C18H15ClO8/c1-24-8-5-4-7(6-9(8)25-2)16-15(23)12(20)10-13(21)18(26-3)11(19)14(22)17(10)27-16/h4-6,21-23H,1-3H3. The number of phenolic OH excluding ortho intramolecular Hbond substituents is 2. The minimum atomic E-state index is -0.969. The van der Waals surface area contributed by atoms with E-state index in [0.717, 1.165) is 0 Å². The monoisotopic (exact) mass is 394 g/mol. The van der Waals surface area contributed by atoms with Crippen molar-refractivity contribution >= 4 is 22.6 Å². The minimum Gasteiger partial charge on any atom is -0.504 e. The number of aromatic hydroxyl groups is 3. The maximum Gasteiger partial charge on any atom is 0.239 e. The average molecular weight is 395 g/mol. The summed E-state index contributed by atoms with van der Waals surface area (Å²) in [5, 5.41) is 30.1. The van der Waals surface area contributed by atoms with Crippen molar-refractivity contribution in [2.75, 3.05) is 21.3 Å². The van der Waals surface area contributed by atoms with E-state index in [4.69, 9.17) is 30.2 Å². The Morgan fingerprint density at radius 1 is 0.926 bits per heavy atom. The fourth-order valence-corrected chi connectivity index (χ4v) is 2.94. The molecule has 0 saturated heterocycles. The van der Waals surface area contributed by atoms with Gasteiger partial charge in [0.25, 0.3) is 0 Å². The number of hydrogen-bond donors (Lipinski definition) is 3. The van der Waals surface area contributed by atoms with E-state index in [1.165, 1.54) is 33.5 Å². The number of rotatable bonds is 4. The molecule has 0 fully saturated rings. The summed E-state index contributed by atoms with van der Waals surface area (Å²) in [4.78, 5) is 12.6. The van der Waals surface area contributed by atoms with Crippen LogP contribution in [0.1, 0.15) is 0 Å². The van der Waals surface area contributed by atoms with Gasteiger partial charge in [0.15, 0.2) is 40.1 Å². The Bertz CT molecular complexity index is 1100. The first-order valence-electron chi connectivity index (χ1n) is 7.55. The summed E-state index contributed by atoms with van der Waals surface area (Å²) in [5.41, 5.74) is -1.09. The molecular weight excluding hydrogens is 380 g/mol. The summed E-state index contributed by atoms with van der Waals surface area (Å²) >= 11 is 5.96. The summed E-state index contributed by atoms with van der Waals surface area (Å²) in [5.74, 6) is -1.84. The quantitative estimate of drug-likeness (QED) is 0.577. The van der Waals surface area contributed by atoms with Crippen LogP contribution in [0.2, 0.25) is 5.02 Å². The second-order valence-corrected chi connectivity index (χ2v) is 5.81. The van der Waals surface area contributed by atoms with Crippen molar-refractivity contribution in [2.45, 2.75) is 0 Å². The highest BCUT2D eigenvalue weighted by molar-refractivity contribution is 6.35. The lowest BCUT2D eigenvalue weighted by Gasteiger charge is -2.13. The van der Waals surface area contributed by atoms with Crippen LogP contribution in [-0.2, 0) is 0 Å². The molecule has 0 spiro atoms. The molecule has 142 valence electrons. The molecular formula is C18H15ClO8. The number of methoxy groups -OCH3 is 3. The Morgan fingerprint density at radius 2 is 1.59 bits per heavy atom. The van der Waals surface area contributed by atoms with Gasteiger partial charge in [0.2, 0.25) is 11.2 Å². The number of halogens is 1. The van der Waals surface area contributed by atoms with Gasteiger partial charge in [0.1, 0.15) is 10.4 Å². The van der Waals surface area contributed by atoms with Crippen LogP contribution in [0.15, 0.2) is 27.4 Å².